The monoisotopic (exact) mass is 500 g/mol. The third-order valence-electron chi connectivity index (χ3n) is 6.50. The molecule has 1 aromatic rings. The van der Waals surface area contributed by atoms with Crippen molar-refractivity contribution in [3.63, 3.8) is 0 Å². The van der Waals surface area contributed by atoms with Crippen molar-refractivity contribution in [3.05, 3.63) is 17.3 Å². The molecular formula is C22H33ClN4O5S. The van der Waals surface area contributed by atoms with E-state index in [4.69, 9.17) is 21.1 Å². The Hall–Kier alpha value is -1.46. The number of rotatable bonds is 8. The van der Waals surface area contributed by atoms with Crippen molar-refractivity contribution < 1.29 is 22.7 Å². The number of amides is 1. The molecule has 0 radical (unpaired) electrons. The molecule has 1 amide bonds. The minimum Gasteiger partial charge on any atom is -0.361 e. The van der Waals surface area contributed by atoms with Gasteiger partial charge in [-0.2, -0.15) is 0 Å². The normalized spacial score (nSPS) is 22.0. The first kappa shape index (κ1) is 24.7. The van der Waals surface area contributed by atoms with E-state index in [1.165, 1.54) is 12.3 Å². The van der Waals surface area contributed by atoms with Gasteiger partial charge in [0.05, 0.1) is 24.3 Å². The number of halogens is 1. The quantitative estimate of drug-likeness (QED) is 0.528. The van der Waals surface area contributed by atoms with Crippen LogP contribution in [0.15, 0.2) is 17.2 Å². The standard InChI is InChI=1S/C22H33ClN4O5S/c23-19-13-18(33(29,30)25-10-6-12-27-11-5-1-2-7-20(27)28)14-24-21(19)26-17-15-31-22(32-16-17)8-3-4-9-22/h13-14,17,25H,1-12,15-16H2,(H,24,26). The summed E-state index contributed by atoms with van der Waals surface area (Å²) in [4.78, 5) is 18.1. The predicted octanol–water partition coefficient (Wildman–Crippen LogP) is 2.90. The van der Waals surface area contributed by atoms with E-state index in [0.29, 0.717) is 38.4 Å². The molecule has 2 N–H and O–H groups in total. The van der Waals surface area contributed by atoms with Crippen LogP contribution >= 0.6 is 11.6 Å². The van der Waals surface area contributed by atoms with Crippen LogP contribution in [0.2, 0.25) is 5.02 Å². The summed E-state index contributed by atoms with van der Waals surface area (Å²) in [5.74, 6) is 0.121. The maximum atomic E-state index is 12.6. The van der Waals surface area contributed by atoms with Crippen molar-refractivity contribution in [3.8, 4) is 0 Å². The number of aromatic nitrogens is 1. The Morgan fingerprint density at radius 2 is 1.91 bits per heavy atom. The zero-order valence-electron chi connectivity index (χ0n) is 18.9. The summed E-state index contributed by atoms with van der Waals surface area (Å²) >= 11 is 6.33. The molecule has 1 saturated carbocycles. The van der Waals surface area contributed by atoms with Crippen LogP contribution in [0, 0.1) is 0 Å². The van der Waals surface area contributed by atoms with Crippen LogP contribution in [-0.4, -0.2) is 68.9 Å². The van der Waals surface area contributed by atoms with Crippen LogP contribution in [-0.2, 0) is 24.3 Å². The van der Waals surface area contributed by atoms with Crippen LogP contribution in [0.3, 0.4) is 0 Å². The number of carbonyl (C=O) groups is 1. The topological polar surface area (TPSA) is 110 Å². The number of anilines is 1. The Bertz CT molecular complexity index is 929. The molecule has 0 bridgehead atoms. The van der Waals surface area contributed by atoms with Gasteiger partial charge in [0.25, 0.3) is 0 Å². The first-order valence-corrected chi connectivity index (χ1v) is 13.7. The summed E-state index contributed by atoms with van der Waals surface area (Å²) in [5, 5.41) is 3.40. The molecular weight excluding hydrogens is 468 g/mol. The van der Waals surface area contributed by atoms with Gasteiger partial charge in [-0.15, -0.1) is 0 Å². The molecule has 184 valence electrons. The number of ether oxygens (including phenoxy) is 2. The summed E-state index contributed by atoms with van der Waals surface area (Å²) in [5.41, 5.74) is 0. The third kappa shape index (κ3) is 6.36. The number of sulfonamides is 1. The largest absolute Gasteiger partial charge is 0.361 e. The van der Waals surface area contributed by atoms with Crippen molar-refractivity contribution >= 4 is 33.3 Å². The van der Waals surface area contributed by atoms with Crippen molar-refractivity contribution in [2.45, 2.75) is 74.5 Å². The first-order valence-electron chi connectivity index (χ1n) is 11.8. The molecule has 33 heavy (non-hydrogen) atoms. The van der Waals surface area contributed by atoms with Crippen molar-refractivity contribution in [1.82, 2.24) is 14.6 Å². The average molecular weight is 501 g/mol. The maximum Gasteiger partial charge on any atom is 0.242 e. The second kappa shape index (κ2) is 10.9. The number of likely N-dealkylation sites (tertiary alicyclic amines) is 1. The minimum absolute atomic E-state index is 0.00458. The lowest BCUT2D eigenvalue weighted by Gasteiger charge is -2.37. The number of hydrogen-bond donors (Lipinski definition) is 2. The van der Waals surface area contributed by atoms with E-state index < -0.39 is 15.8 Å². The van der Waals surface area contributed by atoms with E-state index >= 15 is 0 Å². The molecule has 3 aliphatic rings. The van der Waals surface area contributed by atoms with Crippen molar-refractivity contribution in [2.24, 2.45) is 0 Å². The average Bonchev–Trinajstić information content (AvgIpc) is 3.15. The summed E-state index contributed by atoms with van der Waals surface area (Å²) in [6.45, 7) is 2.51. The molecule has 3 fully saturated rings. The number of hydrogen-bond acceptors (Lipinski definition) is 7. The minimum atomic E-state index is -3.75. The van der Waals surface area contributed by atoms with Gasteiger partial charge in [-0.3, -0.25) is 4.79 Å². The molecule has 9 nitrogen and oxygen atoms in total. The fourth-order valence-corrected chi connectivity index (χ4v) is 5.91. The fraction of sp³-hybridized carbons (Fsp3) is 0.727. The van der Waals surface area contributed by atoms with E-state index in [-0.39, 0.29) is 28.4 Å². The molecule has 0 aromatic carbocycles. The van der Waals surface area contributed by atoms with Crippen LogP contribution in [0.1, 0.15) is 57.8 Å². The van der Waals surface area contributed by atoms with Crippen LogP contribution in [0.4, 0.5) is 5.82 Å². The smallest absolute Gasteiger partial charge is 0.242 e. The summed E-state index contributed by atoms with van der Waals surface area (Å²) in [7, 11) is -3.75. The summed E-state index contributed by atoms with van der Waals surface area (Å²) in [6, 6.07) is 1.28. The molecule has 0 unspecified atom stereocenters. The molecule has 2 aliphatic heterocycles. The van der Waals surface area contributed by atoms with Crippen LogP contribution in [0.25, 0.3) is 0 Å². The Morgan fingerprint density at radius 3 is 2.64 bits per heavy atom. The van der Waals surface area contributed by atoms with Gasteiger partial charge in [0.2, 0.25) is 15.9 Å². The second-order valence-electron chi connectivity index (χ2n) is 9.03. The van der Waals surface area contributed by atoms with Gasteiger partial charge in [0.15, 0.2) is 5.79 Å². The lowest BCUT2D eigenvalue weighted by molar-refractivity contribution is -0.264. The van der Waals surface area contributed by atoms with Gasteiger partial charge in [-0.25, -0.2) is 18.1 Å². The number of pyridine rings is 1. The van der Waals surface area contributed by atoms with Gasteiger partial charge in [-0.1, -0.05) is 18.0 Å². The first-order chi connectivity index (χ1) is 15.9. The maximum absolute atomic E-state index is 12.6. The summed E-state index contributed by atoms with van der Waals surface area (Å²) in [6.07, 6.45) is 9.50. The number of carbonyl (C=O) groups excluding carboxylic acids is 1. The molecule has 0 atom stereocenters. The van der Waals surface area contributed by atoms with Crippen molar-refractivity contribution in [1.29, 1.82) is 0 Å². The van der Waals surface area contributed by atoms with Gasteiger partial charge < -0.3 is 19.7 Å². The SMILES string of the molecule is O=C1CCCCCN1CCCNS(=O)(=O)c1cnc(NC2COC3(CCCC3)OC2)c(Cl)c1. The molecule has 1 spiro atoms. The highest BCUT2D eigenvalue weighted by molar-refractivity contribution is 7.89. The highest BCUT2D eigenvalue weighted by Gasteiger charge is 2.40. The van der Waals surface area contributed by atoms with Crippen LogP contribution in [0.5, 0.6) is 0 Å². The fourth-order valence-electron chi connectivity index (χ4n) is 4.58. The lowest BCUT2D eigenvalue weighted by atomic mass is 10.2. The Balaban J connectivity index is 1.26. The summed E-state index contributed by atoms with van der Waals surface area (Å²) < 4.78 is 39.8. The van der Waals surface area contributed by atoms with E-state index in [9.17, 15) is 13.2 Å². The molecule has 4 rings (SSSR count). The van der Waals surface area contributed by atoms with Crippen molar-refractivity contribution in [2.75, 3.05) is 38.2 Å². The molecule has 2 saturated heterocycles. The molecule has 11 heteroatoms. The molecule has 1 aromatic heterocycles. The third-order valence-corrected chi connectivity index (χ3v) is 8.21. The van der Waals surface area contributed by atoms with Gasteiger partial charge in [0.1, 0.15) is 10.7 Å². The van der Waals surface area contributed by atoms with E-state index in [0.717, 1.165) is 51.5 Å². The number of nitrogens with zero attached hydrogens (tertiary/aromatic N) is 2. The van der Waals surface area contributed by atoms with E-state index in [1.807, 2.05) is 4.90 Å². The molecule has 1 aliphatic carbocycles. The van der Waals surface area contributed by atoms with Crippen LogP contribution < -0.4 is 10.0 Å². The highest BCUT2D eigenvalue weighted by Crippen LogP contribution is 2.37. The number of nitrogens with one attached hydrogen (secondary N) is 2. The van der Waals surface area contributed by atoms with Gasteiger partial charge >= 0.3 is 0 Å². The highest BCUT2D eigenvalue weighted by atomic mass is 35.5. The predicted molar refractivity (Wildman–Crippen MR) is 125 cm³/mol. The Labute approximate surface area is 200 Å². The lowest BCUT2D eigenvalue weighted by Crippen LogP contribution is -2.47. The molecule has 3 heterocycles. The van der Waals surface area contributed by atoms with E-state index in [2.05, 4.69) is 15.0 Å². The van der Waals surface area contributed by atoms with Gasteiger partial charge in [-0.05, 0) is 38.2 Å². The Kier molecular flexibility index (Phi) is 8.11. The van der Waals surface area contributed by atoms with Gasteiger partial charge in [0, 0.05) is 45.1 Å². The zero-order valence-corrected chi connectivity index (χ0v) is 20.4. The van der Waals surface area contributed by atoms with E-state index in [1.54, 1.807) is 0 Å². The Morgan fingerprint density at radius 1 is 1.15 bits per heavy atom. The zero-order chi connectivity index (χ0) is 23.3. The second-order valence-corrected chi connectivity index (χ2v) is 11.2.